The van der Waals surface area contributed by atoms with Gasteiger partial charge in [0.25, 0.3) is 0 Å². The quantitative estimate of drug-likeness (QED) is 0.844. The standard InChI is InChI=1S/C24H34N2O/c1-16-17-11-23(19-5-3-2-4-6-19)12-18(16)14-24(13-17,15-23)22(27)26-21-9-7-20(25)8-10-21/h2-6,16-18,20-21H,7-15,25H2,1H3,(H,26,27)/t16?,17-,18?,20?,21?,23?,24?/m0/s1. The van der Waals surface area contributed by atoms with Crippen molar-refractivity contribution in [2.75, 3.05) is 0 Å². The number of benzene rings is 1. The van der Waals surface area contributed by atoms with E-state index in [4.69, 9.17) is 5.73 Å². The number of carbonyl (C=O) groups excluding carboxylic acids is 1. The summed E-state index contributed by atoms with van der Waals surface area (Å²) < 4.78 is 0. The van der Waals surface area contributed by atoms with Crippen LogP contribution in [0.3, 0.4) is 0 Å². The summed E-state index contributed by atoms with van der Waals surface area (Å²) in [5.74, 6) is 2.55. The van der Waals surface area contributed by atoms with E-state index in [-0.39, 0.29) is 10.8 Å². The topological polar surface area (TPSA) is 55.1 Å². The predicted molar refractivity (Wildman–Crippen MR) is 108 cm³/mol. The molecule has 0 heterocycles. The summed E-state index contributed by atoms with van der Waals surface area (Å²) in [5, 5.41) is 3.49. The van der Waals surface area contributed by atoms with Crippen molar-refractivity contribution in [1.29, 1.82) is 0 Å². The number of rotatable bonds is 3. The van der Waals surface area contributed by atoms with Gasteiger partial charge < -0.3 is 11.1 Å². The van der Waals surface area contributed by atoms with Gasteiger partial charge in [-0.05, 0) is 86.5 Å². The Morgan fingerprint density at radius 1 is 1.00 bits per heavy atom. The molecular formula is C24H34N2O. The second-order valence-corrected chi connectivity index (χ2v) is 10.4. The number of carbonyl (C=O) groups is 1. The van der Waals surface area contributed by atoms with Crippen LogP contribution in [0.4, 0.5) is 0 Å². The van der Waals surface area contributed by atoms with Crippen molar-refractivity contribution < 1.29 is 4.79 Å². The molecule has 27 heavy (non-hydrogen) atoms. The highest BCUT2D eigenvalue weighted by molar-refractivity contribution is 5.84. The molecule has 0 aromatic heterocycles. The van der Waals surface area contributed by atoms with Gasteiger partial charge in [0.05, 0.1) is 5.41 Å². The third-order valence-corrected chi connectivity index (χ3v) is 8.75. The molecule has 5 aliphatic carbocycles. The average Bonchev–Trinajstić information content (AvgIpc) is 2.68. The first kappa shape index (κ1) is 17.7. The molecule has 0 aliphatic heterocycles. The van der Waals surface area contributed by atoms with Crippen molar-refractivity contribution in [2.24, 2.45) is 28.9 Å². The van der Waals surface area contributed by atoms with Crippen LogP contribution in [0.5, 0.6) is 0 Å². The highest BCUT2D eigenvalue weighted by Crippen LogP contribution is 2.67. The summed E-state index contributed by atoms with van der Waals surface area (Å²) in [7, 11) is 0. The first-order valence-electron chi connectivity index (χ1n) is 11.1. The Balaban J connectivity index is 1.41. The Hall–Kier alpha value is -1.35. The summed E-state index contributed by atoms with van der Waals surface area (Å²) in [6, 6.07) is 11.8. The molecule has 3 heteroatoms. The molecule has 1 aromatic carbocycles. The molecule has 4 bridgehead atoms. The molecule has 4 unspecified atom stereocenters. The number of nitrogens with one attached hydrogen (secondary N) is 1. The number of hydrogen-bond donors (Lipinski definition) is 2. The zero-order valence-electron chi connectivity index (χ0n) is 16.6. The van der Waals surface area contributed by atoms with E-state index in [2.05, 4.69) is 42.6 Å². The third kappa shape index (κ3) is 2.85. The molecule has 1 amide bonds. The lowest BCUT2D eigenvalue weighted by atomic mass is 9.40. The zero-order chi connectivity index (χ0) is 18.6. The monoisotopic (exact) mass is 366 g/mol. The molecule has 0 saturated heterocycles. The summed E-state index contributed by atoms with van der Waals surface area (Å²) in [4.78, 5) is 13.6. The maximum Gasteiger partial charge on any atom is 0.226 e. The van der Waals surface area contributed by atoms with Gasteiger partial charge in [-0.3, -0.25) is 4.79 Å². The van der Waals surface area contributed by atoms with Crippen LogP contribution in [0.1, 0.15) is 70.3 Å². The molecule has 146 valence electrons. The van der Waals surface area contributed by atoms with Gasteiger partial charge >= 0.3 is 0 Å². The predicted octanol–water partition coefficient (Wildman–Crippen LogP) is 4.16. The highest BCUT2D eigenvalue weighted by atomic mass is 16.2. The van der Waals surface area contributed by atoms with Crippen LogP contribution in [0, 0.1) is 23.2 Å². The summed E-state index contributed by atoms with van der Waals surface area (Å²) >= 11 is 0. The van der Waals surface area contributed by atoms with Gasteiger partial charge in [0.15, 0.2) is 0 Å². The minimum absolute atomic E-state index is 0.131. The normalized spacial score (nSPS) is 45.6. The second kappa shape index (κ2) is 6.34. The second-order valence-electron chi connectivity index (χ2n) is 10.4. The molecule has 3 N–H and O–H groups in total. The van der Waals surface area contributed by atoms with Crippen molar-refractivity contribution in [3.63, 3.8) is 0 Å². The van der Waals surface area contributed by atoms with Crippen LogP contribution >= 0.6 is 0 Å². The Morgan fingerprint density at radius 3 is 2.26 bits per heavy atom. The first-order chi connectivity index (χ1) is 13.0. The SMILES string of the molecule is CC1C2CC3(C(=O)NC4CCC(N)CC4)C[C@@H]1CC(c1ccccc1)(C2)C3. The van der Waals surface area contributed by atoms with Gasteiger partial charge in [-0.15, -0.1) is 0 Å². The van der Waals surface area contributed by atoms with Crippen LogP contribution in [0.15, 0.2) is 30.3 Å². The van der Waals surface area contributed by atoms with Crippen molar-refractivity contribution >= 4 is 5.91 Å². The maximum atomic E-state index is 13.6. The van der Waals surface area contributed by atoms with Gasteiger partial charge in [-0.1, -0.05) is 37.3 Å². The van der Waals surface area contributed by atoms with E-state index in [1.165, 1.54) is 18.4 Å². The fourth-order valence-corrected chi connectivity index (χ4v) is 7.38. The molecule has 5 atom stereocenters. The molecule has 3 nitrogen and oxygen atoms in total. The molecule has 1 aromatic rings. The van der Waals surface area contributed by atoms with Crippen LogP contribution in [0.25, 0.3) is 0 Å². The number of hydrogen-bond acceptors (Lipinski definition) is 2. The third-order valence-electron chi connectivity index (χ3n) is 8.75. The van der Waals surface area contributed by atoms with Crippen molar-refractivity contribution in [1.82, 2.24) is 5.32 Å². The van der Waals surface area contributed by atoms with E-state index in [1.54, 1.807) is 0 Å². The number of amides is 1. The lowest BCUT2D eigenvalue weighted by Gasteiger charge is -2.64. The minimum atomic E-state index is -0.131. The Kier molecular flexibility index (Phi) is 4.16. The van der Waals surface area contributed by atoms with Gasteiger partial charge in [0.2, 0.25) is 5.91 Å². The van der Waals surface area contributed by atoms with E-state index >= 15 is 0 Å². The molecule has 0 radical (unpaired) electrons. The van der Waals surface area contributed by atoms with Gasteiger partial charge in [0.1, 0.15) is 0 Å². The molecular weight excluding hydrogens is 332 g/mol. The van der Waals surface area contributed by atoms with Crippen molar-refractivity contribution in [2.45, 2.75) is 82.2 Å². The van der Waals surface area contributed by atoms with Crippen molar-refractivity contribution in [3.05, 3.63) is 35.9 Å². The van der Waals surface area contributed by atoms with Gasteiger partial charge in [0, 0.05) is 12.1 Å². The lowest BCUT2D eigenvalue weighted by molar-refractivity contribution is -0.157. The zero-order valence-corrected chi connectivity index (χ0v) is 16.6. The van der Waals surface area contributed by atoms with E-state index in [0.29, 0.717) is 29.8 Å². The summed E-state index contributed by atoms with van der Waals surface area (Å²) in [5.41, 5.74) is 7.63. The van der Waals surface area contributed by atoms with Gasteiger partial charge in [-0.2, -0.15) is 0 Å². The van der Waals surface area contributed by atoms with E-state index in [1.807, 2.05) is 0 Å². The van der Waals surface area contributed by atoms with Crippen LogP contribution in [-0.2, 0) is 10.2 Å². The largest absolute Gasteiger partial charge is 0.353 e. The summed E-state index contributed by atoms with van der Waals surface area (Å²) in [6.07, 6.45) is 10.0. The Morgan fingerprint density at radius 2 is 1.63 bits per heavy atom. The summed E-state index contributed by atoms with van der Waals surface area (Å²) in [6.45, 7) is 2.44. The van der Waals surface area contributed by atoms with Gasteiger partial charge in [-0.25, -0.2) is 0 Å². The Labute approximate surface area is 163 Å². The van der Waals surface area contributed by atoms with Crippen molar-refractivity contribution in [3.8, 4) is 0 Å². The van der Waals surface area contributed by atoms with Crippen LogP contribution < -0.4 is 11.1 Å². The van der Waals surface area contributed by atoms with E-state index < -0.39 is 0 Å². The molecule has 0 spiro atoms. The highest BCUT2D eigenvalue weighted by Gasteiger charge is 2.63. The fraction of sp³-hybridized carbons (Fsp3) is 0.708. The molecule has 5 fully saturated rings. The average molecular weight is 367 g/mol. The minimum Gasteiger partial charge on any atom is -0.353 e. The molecule has 5 aliphatic rings. The number of nitrogens with two attached hydrogens (primary N) is 1. The lowest BCUT2D eigenvalue weighted by Crippen LogP contribution is -2.62. The Bertz CT molecular complexity index is 690. The molecule has 6 rings (SSSR count). The van der Waals surface area contributed by atoms with Crippen LogP contribution in [-0.4, -0.2) is 18.0 Å². The first-order valence-corrected chi connectivity index (χ1v) is 11.1. The van der Waals surface area contributed by atoms with E-state index in [9.17, 15) is 4.79 Å². The van der Waals surface area contributed by atoms with E-state index in [0.717, 1.165) is 50.9 Å². The maximum absolute atomic E-state index is 13.6. The smallest absolute Gasteiger partial charge is 0.226 e. The molecule has 5 saturated carbocycles. The van der Waals surface area contributed by atoms with Crippen LogP contribution in [0.2, 0.25) is 0 Å². The fourth-order valence-electron chi connectivity index (χ4n) is 7.38.